The molecule has 1 N–H and O–H groups in total. The van der Waals surface area contributed by atoms with Crippen molar-refractivity contribution in [1.82, 2.24) is 10.2 Å². The average Bonchev–Trinajstić information content (AvgIpc) is 2.99. The third-order valence-electron chi connectivity index (χ3n) is 3.29. The molecule has 0 unspecified atom stereocenters. The maximum atomic E-state index is 12.7. The molecule has 0 radical (unpaired) electrons. The maximum absolute atomic E-state index is 12.7. The molecule has 5 heteroatoms. The molecule has 0 bridgehead atoms. The van der Waals surface area contributed by atoms with Gasteiger partial charge in [0.05, 0.1) is 11.1 Å². The van der Waals surface area contributed by atoms with Crippen LogP contribution in [0.3, 0.4) is 0 Å². The summed E-state index contributed by atoms with van der Waals surface area (Å²) in [4.78, 5) is 0.259. The summed E-state index contributed by atoms with van der Waals surface area (Å²) in [5.74, 6) is 0. The Morgan fingerprint density at radius 1 is 0.952 bits per heavy atom. The van der Waals surface area contributed by atoms with Gasteiger partial charge < -0.3 is 0 Å². The van der Waals surface area contributed by atoms with Crippen LogP contribution in [-0.2, 0) is 9.84 Å². The quantitative estimate of drug-likeness (QED) is 0.807. The normalized spacial score (nSPS) is 11.5. The Hall–Kier alpha value is -2.40. The van der Waals surface area contributed by atoms with Gasteiger partial charge in [-0.25, -0.2) is 8.42 Å². The van der Waals surface area contributed by atoms with E-state index >= 15 is 0 Å². The van der Waals surface area contributed by atoms with Gasteiger partial charge in [-0.1, -0.05) is 48.0 Å². The molecule has 21 heavy (non-hydrogen) atoms. The lowest BCUT2D eigenvalue weighted by Gasteiger charge is -2.06. The van der Waals surface area contributed by atoms with Crippen LogP contribution in [0.1, 0.15) is 5.56 Å². The lowest BCUT2D eigenvalue weighted by Crippen LogP contribution is -2.04. The van der Waals surface area contributed by atoms with Crippen molar-refractivity contribution in [3.63, 3.8) is 0 Å². The largest absolute Gasteiger partial charge is 0.267 e. The predicted molar refractivity (Wildman–Crippen MR) is 80.7 cm³/mol. The molecule has 1 aromatic heterocycles. The molecular weight excluding hydrogens is 284 g/mol. The Labute approximate surface area is 123 Å². The first-order chi connectivity index (χ1) is 10.1. The number of hydrogen-bond acceptors (Lipinski definition) is 3. The van der Waals surface area contributed by atoms with E-state index in [1.807, 2.05) is 37.3 Å². The smallest absolute Gasteiger partial charge is 0.223 e. The minimum atomic E-state index is -3.61. The third kappa shape index (κ3) is 2.48. The molecule has 1 heterocycles. The number of hydrogen-bond donors (Lipinski definition) is 1. The van der Waals surface area contributed by atoms with Crippen LogP contribution in [-0.4, -0.2) is 18.6 Å². The van der Waals surface area contributed by atoms with E-state index < -0.39 is 9.84 Å². The van der Waals surface area contributed by atoms with Crippen LogP contribution < -0.4 is 0 Å². The van der Waals surface area contributed by atoms with Crippen LogP contribution in [0.2, 0.25) is 0 Å². The van der Waals surface area contributed by atoms with E-state index in [4.69, 9.17) is 0 Å². The van der Waals surface area contributed by atoms with Gasteiger partial charge in [0.2, 0.25) is 9.84 Å². The van der Waals surface area contributed by atoms with Crippen molar-refractivity contribution >= 4 is 9.84 Å². The summed E-state index contributed by atoms with van der Waals surface area (Å²) < 4.78 is 25.5. The molecule has 106 valence electrons. The molecule has 0 saturated heterocycles. The average molecular weight is 298 g/mol. The van der Waals surface area contributed by atoms with Crippen molar-refractivity contribution in [2.24, 2.45) is 0 Å². The zero-order chi connectivity index (χ0) is 14.9. The van der Waals surface area contributed by atoms with Crippen molar-refractivity contribution in [3.05, 3.63) is 66.4 Å². The highest BCUT2D eigenvalue weighted by Crippen LogP contribution is 2.29. The number of benzene rings is 2. The summed E-state index contributed by atoms with van der Waals surface area (Å²) in [6.45, 7) is 1.92. The molecule has 0 aliphatic carbocycles. The van der Waals surface area contributed by atoms with E-state index in [2.05, 4.69) is 10.2 Å². The van der Waals surface area contributed by atoms with Crippen molar-refractivity contribution in [3.8, 4) is 11.1 Å². The molecule has 3 aromatic rings. The molecule has 0 saturated carbocycles. The summed E-state index contributed by atoms with van der Waals surface area (Å²) in [7, 11) is -3.61. The Morgan fingerprint density at radius 3 is 2.29 bits per heavy atom. The number of aromatic amines is 1. The number of nitrogens with zero attached hydrogens (tertiary/aromatic N) is 1. The molecule has 4 nitrogen and oxygen atoms in total. The van der Waals surface area contributed by atoms with E-state index in [0.29, 0.717) is 5.56 Å². The van der Waals surface area contributed by atoms with Gasteiger partial charge in [-0.2, -0.15) is 5.10 Å². The number of aromatic nitrogens is 2. The van der Waals surface area contributed by atoms with E-state index in [1.165, 1.54) is 6.20 Å². The molecule has 0 aliphatic rings. The first-order valence-corrected chi connectivity index (χ1v) is 7.98. The fourth-order valence-corrected chi connectivity index (χ4v) is 3.50. The molecule has 0 aliphatic heterocycles. The molecule has 0 atom stereocenters. The lowest BCUT2D eigenvalue weighted by molar-refractivity contribution is 0.592. The highest BCUT2D eigenvalue weighted by atomic mass is 32.2. The van der Waals surface area contributed by atoms with Gasteiger partial charge in [0, 0.05) is 5.56 Å². The van der Waals surface area contributed by atoms with Crippen LogP contribution >= 0.6 is 0 Å². The van der Waals surface area contributed by atoms with Crippen molar-refractivity contribution in [2.75, 3.05) is 0 Å². The van der Waals surface area contributed by atoms with Crippen LogP contribution in [0.15, 0.2) is 70.7 Å². The molecule has 3 rings (SSSR count). The number of sulfone groups is 1. The number of H-pyrrole nitrogens is 1. The van der Waals surface area contributed by atoms with Gasteiger partial charge in [-0.05, 0) is 24.6 Å². The van der Waals surface area contributed by atoms with Gasteiger partial charge in [-0.15, -0.1) is 0 Å². The summed E-state index contributed by atoms with van der Waals surface area (Å²) >= 11 is 0. The monoisotopic (exact) mass is 298 g/mol. The first-order valence-electron chi connectivity index (χ1n) is 6.49. The number of aryl methyl sites for hydroxylation is 1. The first kappa shape index (κ1) is 13.6. The zero-order valence-electron chi connectivity index (χ0n) is 11.4. The standard InChI is InChI=1S/C16H14N2O2S/c1-12-7-9-14(10-8-12)21(19,20)16-15(11-17-18-16)13-5-3-2-4-6-13/h2-11H,1H3,(H,17,18). The highest BCUT2D eigenvalue weighted by Gasteiger charge is 2.23. The topological polar surface area (TPSA) is 62.8 Å². The summed E-state index contributed by atoms with van der Waals surface area (Å²) in [6, 6.07) is 16.1. The SMILES string of the molecule is Cc1ccc(S(=O)(=O)c2[nH]ncc2-c2ccccc2)cc1. The van der Waals surface area contributed by atoms with E-state index in [0.717, 1.165) is 11.1 Å². The zero-order valence-corrected chi connectivity index (χ0v) is 12.3. The predicted octanol–water partition coefficient (Wildman–Crippen LogP) is 3.22. The Balaban J connectivity index is 2.13. The van der Waals surface area contributed by atoms with Crippen LogP contribution in [0, 0.1) is 6.92 Å². The maximum Gasteiger partial charge on any atom is 0.223 e. The molecule has 0 amide bonds. The molecular formula is C16H14N2O2S. The van der Waals surface area contributed by atoms with Crippen LogP contribution in [0.25, 0.3) is 11.1 Å². The second-order valence-corrected chi connectivity index (χ2v) is 6.68. The van der Waals surface area contributed by atoms with Gasteiger partial charge in [-0.3, -0.25) is 5.10 Å². The second-order valence-electron chi connectivity index (χ2n) is 4.80. The van der Waals surface area contributed by atoms with Crippen molar-refractivity contribution in [1.29, 1.82) is 0 Å². The van der Waals surface area contributed by atoms with Crippen LogP contribution in [0.5, 0.6) is 0 Å². The van der Waals surface area contributed by atoms with Gasteiger partial charge in [0.15, 0.2) is 5.03 Å². The lowest BCUT2D eigenvalue weighted by atomic mass is 10.1. The van der Waals surface area contributed by atoms with Gasteiger partial charge >= 0.3 is 0 Å². The Bertz CT molecular complexity index is 851. The third-order valence-corrected chi connectivity index (χ3v) is 5.03. The summed E-state index contributed by atoms with van der Waals surface area (Å²) in [6.07, 6.45) is 1.54. The van der Waals surface area contributed by atoms with Gasteiger partial charge in [0.25, 0.3) is 0 Å². The fraction of sp³-hybridized carbons (Fsp3) is 0.0625. The van der Waals surface area contributed by atoms with Crippen LogP contribution in [0.4, 0.5) is 0 Å². The second kappa shape index (κ2) is 5.18. The summed E-state index contributed by atoms with van der Waals surface area (Å²) in [5.41, 5.74) is 2.41. The van der Waals surface area contributed by atoms with Gasteiger partial charge in [0.1, 0.15) is 0 Å². The Kier molecular flexibility index (Phi) is 3.35. The summed E-state index contributed by atoms with van der Waals surface area (Å²) in [5, 5.41) is 6.65. The van der Waals surface area contributed by atoms with Crippen molar-refractivity contribution < 1.29 is 8.42 Å². The van der Waals surface area contributed by atoms with E-state index in [9.17, 15) is 8.42 Å². The Morgan fingerprint density at radius 2 is 1.62 bits per heavy atom. The van der Waals surface area contributed by atoms with E-state index in [-0.39, 0.29) is 9.92 Å². The minimum absolute atomic E-state index is 0.123. The number of nitrogens with one attached hydrogen (secondary N) is 1. The van der Waals surface area contributed by atoms with E-state index in [1.54, 1.807) is 24.3 Å². The molecule has 0 fully saturated rings. The van der Waals surface area contributed by atoms with Crippen molar-refractivity contribution in [2.45, 2.75) is 16.8 Å². The molecule has 2 aromatic carbocycles. The fourth-order valence-electron chi connectivity index (χ4n) is 2.14. The molecule has 0 spiro atoms. The number of rotatable bonds is 3. The minimum Gasteiger partial charge on any atom is -0.267 e. The highest BCUT2D eigenvalue weighted by molar-refractivity contribution is 7.91.